The number of H-pyrrole nitrogens is 1. The van der Waals surface area contributed by atoms with Crippen molar-refractivity contribution in [1.82, 2.24) is 9.97 Å². The summed E-state index contributed by atoms with van der Waals surface area (Å²) in [7, 11) is 3.73. The van der Waals surface area contributed by atoms with E-state index in [9.17, 15) is 4.79 Å². The Bertz CT molecular complexity index is 366. The molecule has 0 spiro atoms. The zero-order valence-electron chi connectivity index (χ0n) is 8.24. The van der Waals surface area contributed by atoms with Crippen LogP contribution in [0.1, 0.15) is 18.5 Å². The van der Waals surface area contributed by atoms with Gasteiger partial charge in [0.15, 0.2) is 0 Å². The molecule has 5 heteroatoms. The molecule has 0 amide bonds. The van der Waals surface area contributed by atoms with E-state index < -0.39 is 11.4 Å². The SMILES string of the molecule is CN(C)c1ncc(C2(C(=O)O)CC2)[nH]1. The highest BCUT2D eigenvalue weighted by atomic mass is 16.4. The third-order valence-corrected chi connectivity index (χ3v) is 2.66. The topological polar surface area (TPSA) is 69.2 Å². The van der Waals surface area contributed by atoms with Crippen LogP contribution in [0.25, 0.3) is 0 Å². The van der Waals surface area contributed by atoms with E-state index in [4.69, 9.17) is 5.11 Å². The summed E-state index contributed by atoms with van der Waals surface area (Å²) in [6, 6.07) is 0. The van der Waals surface area contributed by atoms with Crippen molar-refractivity contribution in [3.63, 3.8) is 0 Å². The molecule has 1 heterocycles. The maximum absolute atomic E-state index is 11.0. The minimum Gasteiger partial charge on any atom is -0.481 e. The molecule has 0 bridgehead atoms. The minimum absolute atomic E-state index is 0.679. The lowest BCUT2D eigenvalue weighted by Gasteiger charge is -2.08. The van der Waals surface area contributed by atoms with Gasteiger partial charge in [0.05, 0.1) is 11.9 Å². The van der Waals surface area contributed by atoms with Crippen LogP contribution in [0.15, 0.2) is 6.20 Å². The Morgan fingerprint density at radius 3 is 2.64 bits per heavy atom. The Morgan fingerprint density at radius 1 is 1.64 bits per heavy atom. The van der Waals surface area contributed by atoms with Crippen molar-refractivity contribution in [3.05, 3.63) is 11.9 Å². The highest BCUT2D eigenvalue weighted by molar-refractivity contribution is 5.84. The third kappa shape index (κ3) is 1.16. The van der Waals surface area contributed by atoms with Crippen LogP contribution < -0.4 is 4.90 Å². The average molecular weight is 195 g/mol. The van der Waals surface area contributed by atoms with Crippen LogP contribution in [-0.4, -0.2) is 35.1 Å². The second-order valence-electron chi connectivity index (χ2n) is 3.90. The Labute approximate surface area is 81.8 Å². The molecule has 2 rings (SSSR count). The Morgan fingerprint density at radius 2 is 2.29 bits per heavy atom. The lowest BCUT2D eigenvalue weighted by Crippen LogP contribution is -2.20. The van der Waals surface area contributed by atoms with Gasteiger partial charge >= 0.3 is 5.97 Å². The standard InChI is InChI=1S/C9H13N3O2/c1-12(2)8-10-5-6(11-8)9(3-4-9)7(13)14/h5H,3-4H2,1-2H3,(H,10,11)(H,13,14). The predicted octanol–water partition coefficient (Wildman–Crippen LogP) is 0.592. The number of aromatic amines is 1. The van der Waals surface area contributed by atoms with Gasteiger partial charge < -0.3 is 15.0 Å². The smallest absolute Gasteiger partial charge is 0.315 e. The predicted molar refractivity (Wildman–Crippen MR) is 51.5 cm³/mol. The van der Waals surface area contributed by atoms with Crippen molar-refractivity contribution in [2.24, 2.45) is 0 Å². The van der Waals surface area contributed by atoms with Gasteiger partial charge in [-0.3, -0.25) is 4.79 Å². The second kappa shape index (κ2) is 2.73. The van der Waals surface area contributed by atoms with Crippen molar-refractivity contribution in [1.29, 1.82) is 0 Å². The number of nitrogens with zero attached hydrogens (tertiary/aromatic N) is 2. The number of carboxylic acid groups (broad SMARTS) is 1. The van der Waals surface area contributed by atoms with Crippen molar-refractivity contribution < 1.29 is 9.90 Å². The molecule has 0 saturated heterocycles. The summed E-state index contributed by atoms with van der Waals surface area (Å²) in [4.78, 5) is 20.0. The van der Waals surface area contributed by atoms with Crippen molar-refractivity contribution >= 4 is 11.9 Å². The molecule has 0 aromatic carbocycles. The first kappa shape index (κ1) is 9.05. The number of rotatable bonds is 3. The highest BCUT2D eigenvalue weighted by Gasteiger charge is 2.53. The molecule has 1 saturated carbocycles. The molecule has 1 aliphatic rings. The molecule has 1 aliphatic carbocycles. The zero-order chi connectivity index (χ0) is 10.3. The van der Waals surface area contributed by atoms with E-state index in [2.05, 4.69) is 9.97 Å². The van der Waals surface area contributed by atoms with E-state index in [1.807, 2.05) is 19.0 Å². The first-order valence-corrected chi connectivity index (χ1v) is 4.52. The number of carboxylic acids is 1. The summed E-state index contributed by atoms with van der Waals surface area (Å²) in [6.45, 7) is 0. The number of imidazole rings is 1. The molecule has 0 aliphatic heterocycles. The van der Waals surface area contributed by atoms with Gasteiger partial charge in [0.2, 0.25) is 5.95 Å². The van der Waals surface area contributed by atoms with Gasteiger partial charge in [-0.2, -0.15) is 0 Å². The minimum atomic E-state index is -0.758. The Hall–Kier alpha value is -1.52. The average Bonchev–Trinajstić information content (AvgIpc) is 2.77. The zero-order valence-corrected chi connectivity index (χ0v) is 8.24. The number of aliphatic carboxylic acids is 1. The molecule has 1 aromatic heterocycles. The van der Waals surface area contributed by atoms with Crippen LogP contribution in [0, 0.1) is 0 Å². The summed E-state index contributed by atoms with van der Waals surface area (Å²) in [5, 5.41) is 9.04. The Kier molecular flexibility index (Phi) is 1.77. The molecular weight excluding hydrogens is 182 g/mol. The van der Waals surface area contributed by atoms with Gasteiger partial charge in [0.25, 0.3) is 0 Å². The van der Waals surface area contributed by atoms with E-state index in [-0.39, 0.29) is 0 Å². The number of hydrogen-bond donors (Lipinski definition) is 2. The number of nitrogens with one attached hydrogen (secondary N) is 1. The molecule has 14 heavy (non-hydrogen) atoms. The number of anilines is 1. The van der Waals surface area contributed by atoms with Crippen LogP contribution in [0.4, 0.5) is 5.95 Å². The van der Waals surface area contributed by atoms with Gasteiger partial charge in [-0.25, -0.2) is 4.98 Å². The number of aromatic nitrogens is 2. The van der Waals surface area contributed by atoms with Gasteiger partial charge in [-0.1, -0.05) is 0 Å². The summed E-state index contributed by atoms with van der Waals surface area (Å²) in [5.74, 6) is -0.0565. The van der Waals surface area contributed by atoms with E-state index in [0.717, 1.165) is 0 Å². The molecule has 1 aromatic rings. The van der Waals surface area contributed by atoms with Crippen LogP contribution in [0.2, 0.25) is 0 Å². The lowest BCUT2D eigenvalue weighted by molar-refractivity contribution is -0.140. The van der Waals surface area contributed by atoms with Crippen LogP contribution in [-0.2, 0) is 10.2 Å². The van der Waals surface area contributed by atoms with E-state index in [1.54, 1.807) is 6.20 Å². The van der Waals surface area contributed by atoms with Crippen LogP contribution in [0.3, 0.4) is 0 Å². The van der Waals surface area contributed by atoms with Gasteiger partial charge in [-0.15, -0.1) is 0 Å². The molecule has 2 N–H and O–H groups in total. The van der Waals surface area contributed by atoms with Crippen molar-refractivity contribution in [3.8, 4) is 0 Å². The highest BCUT2D eigenvalue weighted by Crippen LogP contribution is 2.47. The summed E-state index contributed by atoms with van der Waals surface area (Å²) in [5.41, 5.74) is 0.0371. The number of hydrogen-bond acceptors (Lipinski definition) is 3. The van der Waals surface area contributed by atoms with Crippen molar-refractivity contribution in [2.45, 2.75) is 18.3 Å². The molecule has 76 valence electrons. The molecular formula is C9H13N3O2. The largest absolute Gasteiger partial charge is 0.481 e. The fraction of sp³-hybridized carbons (Fsp3) is 0.556. The van der Waals surface area contributed by atoms with Crippen LogP contribution in [0.5, 0.6) is 0 Å². The Balaban J connectivity index is 2.30. The van der Waals surface area contributed by atoms with Gasteiger partial charge in [-0.05, 0) is 12.8 Å². The van der Waals surface area contributed by atoms with Crippen LogP contribution >= 0.6 is 0 Å². The third-order valence-electron chi connectivity index (χ3n) is 2.66. The normalized spacial score (nSPS) is 17.9. The first-order valence-electron chi connectivity index (χ1n) is 4.52. The van der Waals surface area contributed by atoms with Gasteiger partial charge in [0, 0.05) is 14.1 Å². The summed E-state index contributed by atoms with van der Waals surface area (Å²) >= 11 is 0. The second-order valence-corrected chi connectivity index (χ2v) is 3.90. The quantitative estimate of drug-likeness (QED) is 0.740. The molecule has 0 radical (unpaired) electrons. The van der Waals surface area contributed by atoms with E-state index >= 15 is 0 Å². The molecule has 0 unspecified atom stereocenters. The maximum Gasteiger partial charge on any atom is 0.315 e. The molecule has 5 nitrogen and oxygen atoms in total. The van der Waals surface area contributed by atoms with Crippen molar-refractivity contribution in [2.75, 3.05) is 19.0 Å². The fourth-order valence-electron chi connectivity index (χ4n) is 1.50. The first-order chi connectivity index (χ1) is 6.56. The van der Waals surface area contributed by atoms with E-state index in [1.165, 1.54) is 0 Å². The lowest BCUT2D eigenvalue weighted by atomic mass is 10.0. The summed E-state index contributed by atoms with van der Waals surface area (Å²) in [6.07, 6.45) is 3.03. The molecule has 1 fully saturated rings. The maximum atomic E-state index is 11.0. The molecule has 0 atom stereocenters. The fourth-order valence-corrected chi connectivity index (χ4v) is 1.50. The van der Waals surface area contributed by atoms with Gasteiger partial charge in [0.1, 0.15) is 5.41 Å². The number of carbonyl (C=O) groups is 1. The van der Waals surface area contributed by atoms with E-state index in [0.29, 0.717) is 24.5 Å². The summed E-state index contributed by atoms with van der Waals surface area (Å²) < 4.78 is 0. The monoisotopic (exact) mass is 195 g/mol.